The number of para-hydroxylation sites is 2. The van der Waals surface area contributed by atoms with Crippen molar-refractivity contribution in [3.63, 3.8) is 0 Å². The fourth-order valence-electron chi connectivity index (χ4n) is 6.67. The van der Waals surface area contributed by atoms with Crippen LogP contribution in [-0.2, 0) is 29.6 Å². The predicted octanol–water partition coefficient (Wildman–Crippen LogP) is 3.58. The van der Waals surface area contributed by atoms with Gasteiger partial charge in [0.15, 0.2) is 0 Å². The largest absolute Gasteiger partial charge is 0.350 e. The summed E-state index contributed by atoms with van der Waals surface area (Å²) in [4.78, 5) is 29.1. The molecule has 1 N–H and O–H groups in total. The van der Waals surface area contributed by atoms with Crippen LogP contribution in [0.3, 0.4) is 0 Å². The molecular weight excluding hydrogens is 424 g/mol. The molecule has 4 aromatic rings. The number of amides is 2. The van der Waals surface area contributed by atoms with E-state index in [1.54, 1.807) is 0 Å². The zero-order valence-electron chi connectivity index (χ0n) is 19.4. The number of hydrogen-bond acceptors (Lipinski definition) is 3. The second kappa shape index (κ2) is 6.70. The summed E-state index contributed by atoms with van der Waals surface area (Å²) >= 11 is 0. The molecule has 1 saturated heterocycles. The van der Waals surface area contributed by atoms with E-state index in [1.807, 2.05) is 48.1 Å². The van der Waals surface area contributed by atoms with Gasteiger partial charge in [-0.05, 0) is 38.6 Å². The van der Waals surface area contributed by atoms with Crippen LogP contribution in [0.4, 0.5) is 0 Å². The molecule has 2 aromatic heterocycles. The Morgan fingerprint density at radius 1 is 0.853 bits per heavy atom. The number of likely N-dealkylation sites (tertiary alicyclic amines) is 1. The van der Waals surface area contributed by atoms with Gasteiger partial charge in [0, 0.05) is 70.4 Å². The van der Waals surface area contributed by atoms with E-state index in [0.717, 1.165) is 65.4 Å². The topological polar surface area (TPSA) is 59.3 Å². The van der Waals surface area contributed by atoms with E-state index in [9.17, 15) is 9.59 Å². The fraction of sp³-hybridized carbons (Fsp3) is 0.286. The number of imide groups is 1. The van der Waals surface area contributed by atoms with Gasteiger partial charge in [-0.2, -0.15) is 0 Å². The Labute approximate surface area is 197 Å². The Bertz CT molecular complexity index is 1590. The normalized spacial score (nSPS) is 22.6. The first-order valence-electron chi connectivity index (χ1n) is 11.9. The number of nitrogens with one attached hydrogen (secondary N) is 1. The summed E-state index contributed by atoms with van der Waals surface area (Å²) in [5, 5.41) is 4.66. The van der Waals surface area contributed by atoms with E-state index in [0.29, 0.717) is 11.1 Å². The van der Waals surface area contributed by atoms with Gasteiger partial charge < -0.3 is 14.0 Å². The highest BCUT2D eigenvalue weighted by atomic mass is 16.2. The summed E-state index contributed by atoms with van der Waals surface area (Å²) in [6, 6.07) is 16.4. The molecule has 3 aliphatic heterocycles. The summed E-state index contributed by atoms with van der Waals surface area (Å²) < 4.78 is 4.44. The molecule has 0 saturated carbocycles. The summed E-state index contributed by atoms with van der Waals surface area (Å²) in [7, 11) is 4.16. The maximum atomic E-state index is 13.4. The van der Waals surface area contributed by atoms with Crippen LogP contribution < -0.4 is 5.32 Å². The lowest BCUT2D eigenvalue weighted by atomic mass is 9.83. The van der Waals surface area contributed by atoms with E-state index < -0.39 is 0 Å². The summed E-state index contributed by atoms with van der Waals surface area (Å²) in [5.74, 6) is -0.606. The van der Waals surface area contributed by atoms with Gasteiger partial charge in [0.05, 0.1) is 11.1 Å². The number of carbonyl (C=O) groups excluding carboxylic acids is 2. The lowest BCUT2D eigenvalue weighted by molar-refractivity contribution is -0.122. The highest BCUT2D eigenvalue weighted by Crippen LogP contribution is 2.48. The van der Waals surface area contributed by atoms with Crippen LogP contribution >= 0.6 is 0 Å². The maximum absolute atomic E-state index is 13.4. The number of nitrogens with zero attached hydrogens (tertiary/aromatic N) is 3. The molecule has 7 rings (SSSR count). The zero-order valence-corrected chi connectivity index (χ0v) is 19.4. The number of fused-ring (bicyclic) bond motifs is 4. The molecule has 3 aliphatic rings. The first-order valence-corrected chi connectivity index (χ1v) is 11.9. The van der Waals surface area contributed by atoms with Crippen molar-refractivity contribution in [2.45, 2.75) is 19.4 Å². The molecule has 170 valence electrons. The SMILES string of the molecule is CN1CCC2(Cc3c(C4=C(c5cn(C)c6ccccc56)C(=O)NC4=O)c4ccccc4n3C2)C1. The van der Waals surface area contributed by atoms with E-state index >= 15 is 0 Å². The van der Waals surface area contributed by atoms with Crippen molar-refractivity contribution in [3.05, 3.63) is 71.5 Å². The fourth-order valence-corrected chi connectivity index (χ4v) is 6.67. The van der Waals surface area contributed by atoms with Crippen molar-refractivity contribution in [1.82, 2.24) is 19.4 Å². The van der Waals surface area contributed by atoms with Gasteiger partial charge in [-0.25, -0.2) is 0 Å². The first kappa shape index (κ1) is 19.8. The summed E-state index contributed by atoms with van der Waals surface area (Å²) in [6.45, 7) is 3.11. The lowest BCUT2D eigenvalue weighted by Gasteiger charge is -2.22. The third-order valence-electron chi connectivity index (χ3n) is 8.09. The summed E-state index contributed by atoms with van der Waals surface area (Å²) in [6.07, 6.45) is 4.05. The number of rotatable bonds is 2. The second-order valence-electron chi connectivity index (χ2n) is 10.3. The number of aromatic nitrogens is 2. The molecule has 5 heterocycles. The molecule has 1 unspecified atom stereocenters. The Morgan fingerprint density at radius 2 is 1.56 bits per heavy atom. The van der Waals surface area contributed by atoms with Gasteiger partial charge >= 0.3 is 0 Å². The Kier molecular flexibility index (Phi) is 3.90. The Balaban J connectivity index is 1.53. The van der Waals surface area contributed by atoms with E-state index in [4.69, 9.17) is 0 Å². The number of aryl methyl sites for hydroxylation is 1. The standard InChI is InChI=1S/C28H26N4O2/c1-30-12-11-28(15-30)13-22-23(18-8-4-6-10-21(18)32(22)16-28)25-24(26(33)29-27(25)34)19-14-31(2)20-9-5-3-7-17(19)20/h3-10,14H,11-13,15-16H2,1-2H3,(H,29,33,34). The molecular formula is C28H26N4O2. The van der Waals surface area contributed by atoms with Crippen LogP contribution in [-0.4, -0.2) is 46.0 Å². The molecule has 1 spiro atoms. The molecule has 2 amide bonds. The molecule has 2 aromatic carbocycles. The molecule has 0 bridgehead atoms. The number of benzene rings is 2. The van der Waals surface area contributed by atoms with Crippen LogP contribution in [0.2, 0.25) is 0 Å². The van der Waals surface area contributed by atoms with E-state index in [1.165, 1.54) is 5.69 Å². The number of hydrogen-bond donors (Lipinski definition) is 1. The van der Waals surface area contributed by atoms with Crippen LogP contribution in [0.15, 0.2) is 54.7 Å². The average molecular weight is 451 g/mol. The van der Waals surface area contributed by atoms with Crippen molar-refractivity contribution >= 4 is 44.8 Å². The minimum Gasteiger partial charge on any atom is -0.350 e. The quantitative estimate of drug-likeness (QED) is 0.475. The van der Waals surface area contributed by atoms with Gasteiger partial charge in [-0.3, -0.25) is 14.9 Å². The monoisotopic (exact) mass is 450 g/mol. The van der Waals surface area contributed by atoms with Gasteiger partial charge in [0.25, 0.3) is 11.8 Å². The van der Waals surface area contributed by atoms with Crippen molar-refractivity contribution < 1.29 is 9.59 Å². The molecule has 34 heavy (non-hydrogen) atoms. The van der Waals surface area contributed by atoms with Crippen LogP contribution in [0.5, 0.6) is 0 Å². The maximum Gasteiger partial charge on any atom is 0.259 e. The van der Waals surface area contributed by atoms with Gasteiger partial charge in [-0.15, -0.1) is 0 Å². The van der Waals surface area contributed by atoms with E-state index in [-0.39, 0.29) is 17.2 Å². The molecule has 1 atom stereocenters. The van der Waals surface area contributed by atoms with Crippen molar-refractivity contribution in [3.8, 4) is 0 Å². The predicted molar refractivity (Wildman–Crippen MR) is 133 cm³/mol. The molecule has 0 aliphatic carbocycles. The first-order chi connectivity index (χ1) is 16.5. The van der Waals surface area contributed by atoms with Gasteiger partial charge in [0.1, 0.15) is 0 Å². The van der Waals surface area contributed by atoms with Crippen molar-refractivity contribution in [1.29, 1.82) is 0 Å². The van der Waals surface area contributed by atoms with Gasteiger partial charge in [-0.1, -0.05) is 36.4 Å². The van der Waals surface area contributed by atoms with E-state index in [2.05, 4.69) is 40.0 Å². The smallest absolute Gasteiger partial charge is 0.259 e. The minimum atomic E-state index is -0.311. The third-order valence-corrected chi connectivity index (χ3v) is 8.09. The number of carbonyl (C=O) groups is 2. The van der Waals surface area contributed by atoms with Crippen LogP contribution in [0.1, 0.15) is 23.2 Å². The highest BCUT2D eigenvalue weighted by Gasteiger charge is 2.46. The van der Waals surface area contributed by atoms with Crippen LogP contribution in [0.25, 0.3) is 33.0 Å². The van der Waals surface area contributed by atoms with Crippen molar-refractivity contribution in [2.75, 3.05) is 20.1 Å². The lowest BCUT2D eigenvalue weighted by Crippen LogP contribution is -2.26. The Hall–Kier alpha value is -3.64. The van der Waals surface area contributed by atoms with Gasteiger partial charge in [0.2, 0.25) is 0 Å². The van der Waals surface area contributed by atoms with Crippen molar-refractivity contribution in [2.24, 2.45) is 12.5 Å². The Morgan fingerprint density at radius 3 is 2.32 bits per heavy atom. The molecule has 6 nitrogen and oxygen atoms in total. The van der Waals surface area contributed by atoms with Crippen LogP contribution in [0, 0.1) is 5.41 Å². The zero-order chi connectivity index (χ0) is 23.2. The third kappa shape index (κ3) is 2.54. The molecule has 0 radical (unpaired) electrons. The minimum absolute atomic E-state index is 0.197. The second-order valence-corrected chi connectivity index (χ2v) is 10.3. The molecule has 6 heteroatoms. The highest BCUT2D eigenvalue weighted by molar-refractivity contribution is 6.51. The molecule has 1 fully saturated rings. The summed E-state index contributed by atoms with van der Waals surface area (Å²) in [5.41, 5.74) is 6.34. The average Bonchev–Trinajstić information content (AvgIpc) is 3.59.